The minimum Gasteiger partial charge on any atom is -0.495 e. The van der Waals surface area contributed by atoms with Gasteiger partial charge in [0.25, 0.3) is 5.91 Å². The summed E-state index contributed by atoms with van der Waals surface area (Å²) in [7, 11) is 1.52. The van der Waals surface area contributed by atoms with Gasteiger partial charge in [-0.25, -0.2) is 0 Å². The molecule has 0 saturated heterocycles. The molecular weight excluding hydrogens is 380 g/mol. The Morgan fingerprint density at radius 1 is 1.21 bits per heavy atom. The van der Waals surface area contributed by atoms with Gasteiger partial charge < -0.3 is 20.6 Å². The van der Waals surface area contributed by atoms with Crippen LogP contribution in [0, 0.1) is 0 Å². The monoisotopic (exact) mass is 400 g/mol. The number of pyridine rings is 1. The molecule has 7 heteroatoms. The molecule has 1 amide bonds. The predicted molar refractivity (Wildman–Crippen MR) is 109 cm³/mol. The second kappa shape index (κ2) is 8.46. The molecule has 0 unspecified atom stereocenters. The molecule has 0 aliphatic rings. The number of hydrogen-bond donors (Lipinski definition) is 3. The maximum atomic E-state index is 13.1. The third-order valence-electron chi connectivity index (χ3n) is 4.60. The van der Waals surface area contributed by atoms with E-state index in [1.165, 1.54) is 7.11 Å². The topological polar surface area (TPSA) is 105 Å². The molecule has 0 aliphatic heterocycles. The number of carbonyl (C=O) groups is 1. The highest BCUT2D eigenvalue weighted by Crippen LogP contribution is 2.27. The zero-order valence-corrected chi connectivity index (χ0v) is 16.2. The molecule has 3 rings (SSSR count). The molecule has 0 radical (unpaired) electrons. The third-order valence-corrected chi connectivity index (χ3v) is 4.85. The molecule has 1 heterocycles. The molecule has 1 aromatic heterocycles. The van der Waals surface area contributed by atoms with Crippen molar-refractivity contribution < 1.29 is 14.6 Å². The average molecular weight is 401 g/mol. The number of aliphatic hydroxyl groups excluding tert-OH is 1. The van der Waals surface area contributed by atoms with Crippen LogP contribution in [0.1, 0.15) is 33.6 Å². The van der Waals surface area contributed by atoms with Crippen LogP contribution >= 0.6 is 11.6 Å². The fourth-order valence-electron chi connectivity index (χ4n) is 3.25. The van der Waals surface area contributed by atoms with Crippen molar-refractivity contribution in [1.29, 1.82) is 0 Å². The Bertz CT molecular complexity index is 1070. The highest BCUT2D eigenvalue weighted by Gasteiger charge is 2.19. The van der Waals surface area contributed by atoms with Gasteiger partial charge in [-0.15, -0.1) is 0 Å². The lowest BCUT2D eigenvalue weighted by molar-refractivity contribution is 0.0998. The first-order chi connectivity index (χ1) is 13.4. The highest BCUT2D eigenvalue weighted by atomic mass is 35.5. The summed E-state index contributed by atoms with van der Waals surface area (Å²) in [5.74, 6) is -0.289. The number of hydrogen-bond acceptors (Lipinski definition) is 4. The first-order valence-corrected chi connectivity index (χ1v) is 9.23. The number of primary amides is 1. The van der Waals surface area contributed by atoms with E-state index in [0.717, 1.165) is 11.1 Å². The number of ether oxygens (including phenoxy) is 1. The van der Waals surface area contributed by atoms with Gasteiger partial charge in [0.05, 0.1) is 18.0 Å². The Hall–Kier alpha value is -2.83. The predicted octanol–water partition coefficient (Wildman–Crippen LogP) is 2.80. The lowest BCUT2D eigenvalue weighted by Crippen LogP contribution is -2.26. The largest absolute Gasteiger partial charge is 0.495 e. The molecule has 3 aromatic rings. The number of fused-ring (bicyclic) bond motifs is 1. The minimum absolute atomic E-state index is 0.0449. The lowest BCUT2D eigenvalue weighted by atomic mass is 9.99. The van der Waals surface area contributed by atoms with E-state index in [-0.39, 0.29) is 12.2 Å². The van der Waals surface area contributed by atoms with E-state index in [1.54, 1.807) is 18.2 Å². The Balaban J connectivity index is 2.21. The van der Waals surface area contributed by atoms with Crippen LogP contribution in [0.3, 0.4) is 0 Å². The fourth-order valence-corrected chi connectivity index (χ4v) is 3.38. The van der Waals surface area contributed by atoms with Crippen molar-refractivity contribution in [3.05, 3.63) is 74.0 Å². The number of aromatic amines is 1. The van der Waals surface area contributed by atoms with Gasteiger partial charge in [-0.05, 0) is 48.2 Å². The van der Waals surface area contributed by atoms with E-state index >= 15 is 0 Å². The average Bonchev–Trinajstić information content (AvgIpc) is 2.67. The molecule has 2 aromatic carbocycles. The molecule has 4 N–H and O–H groups in total. The van der Waals surface area contributed by atoms with E-state index in [9.17, 15) is 9.59 Å². The molecule has 0 fully saturated rings. The van der Waals surface area contributed by atoms with Gasteiger partial charge >= 0.3 is 0 Å². The van der Waals surface area contributed by atoms with Gasteiger partial charge in [-0.3, -0.25) is 9.59 Å². The van der Waals surface area contributed by atoms with E-state index in [2.05, 4.69) is 4.98 Å². The molecule has 28 heavy (non-hydrogen) atoms. The van der Waals surface area contributed by atoms with Crippen molar-refractivity contribution in [3.63, 3.8) is 0 Å². The molecule has 0 spiro atoms. The summed E-state index contributed by atoms with van der Waals surface area (Å²) < 4.78 is 5.46. The van der Waals surface area contributed by atoms with Gasteiger partial charge in [-0.1, -0.05) is 23.7 Å². The van der Waals surface area contributed by atoms with E-state index < -0.39 is 11.3 Å². The Morgan fingerprint density at radius 2 is 1.93 bits per heavy atom. The van der Waals surface area contributed by atoms with Crippen molar-refractivity contribution in [1.82, 2.24) is 4.98 Å². The summed E-state index contributed by atoms with van der Waals surface area (Å²) in [6, 6.07) is 10.7. The maximum Gasteiger partial charge on any atom is 0.254 e. The summed E-state index contributed by atoms with van der Waals surface area (Å²) in [6.45, 7) is 0.0449. The van der Waals surface area contributed by atoms with Gasteiger partial charge in [-0.2, -0.15) is 0 Å². The summed E-state index contributed by atoms with van der Waals surface area (Å²) in [6.07, 6.45) is 1.46. The first-order valence-electron chi connectivity index (χ1n) is 8.85. The number of aromatic nitrogens is 1. The van der Waals surface area contributed by atoms with Crippen molar-refractivity contribution in [2.75, 3.05) is 13.7 Å². The van der Waals surface area contributed by atoms with Crippen LogP contribution in [0.5, 0.6) is 5.75 Å². The zero-order chi connectivity index (χ0) is 20.3. The summed E-state index contributed by atoms with van der Waals surface area (Å²) in [5.41, 5.74) is 7.67. The number of H-pyrrole nitrogens is 1. The normalized spacial score (nSPS) is 11.0. The number of rotatable bonds is 7. The molecule has 6 nitrogen and oxygen atoms in total. The number of aryl methyl sites for hydroxylation is 1. The number of amides is 1. The van der Waals surface area contributed by atoms with Crippen molar-refractivity contribution >= 4 is 28.4 Å². The minimum atomic E-state index is -0.785. The number of carbonyl (C=O) groups excluding carboxylic acids is 1. The Morgan fingerprint density at radius 3 is 2.54 bits per heavy atom. The molecular formula is C21H21ClN2O4. The van der Waals surface area contributed by atoms with Crippen molar-refractivity contribution in [2.45, 2.75) is 19.3 Å². The molecule has 0 aliphatic carbocycles. The molecule has 0 bridgehead atoms. The van der Waals surface area contributed by atoms with Crippen LogP contribution < -0.4 is 15.9 Å². The van der Waals surface area contributed by atoms with E-state index in [1.807, 2.05) is 18.2 Å². The van der Waals surface area contributed by atoms with Crippen LogP contribution in [0.2, 0.25) is 5.02 Å². The van der Waals surface area contributed by atoms with Gasteiger partial charge in [0, 0.05) is 23.7 Å². The van der Waals surface area contributed by atoms with Crippen LogP contribution in [0.25, 0.3) is 10.9 Å². The number of benzene rings is 2. The summed E-state index contributed by atoms with van der Waals surface area (Å²) >= 11 is 5.93. The second-order valence-corrected chi connectivity index (χ2v) is 6.96. The van der Waals surface area contributed by atoms with Crippen molar-refractivity contribution in [2.24, 2.45) is 5.73 Å². The summed E-state index contributed by atoms with van der Waals surface area (Å²) in [4.78, 5) is 28.3. The smallest absolute Gasteiger partial charge is 0.254 e. The number of aliphatic hydroxyl groups is 1. The van der Waals surface area contributed by atoms with Gasteiger partial charge in [0.1, 0.15) is 11.3 Å². The lowest BCUT2D eigenvalue weighted by Gasteiger charge is -2.13. The quantitative estimate of drug-likeness (QED) is 0.567. The van der Waals surface area contributed by atoms with E-state index in [4.69, 9.17) is 27.2 Å². The van der Waals surface area contributed by atoms with Crippen molar-refractivity contribution in [3.8, 4) is 5.75 Å². The first kappa shape index (κ1) is 19.9. The van der Waals surface area contributed by atoms with Crippen LogP contribution in [-0.4, -0.2) is 29.7 Å². The van der Waals surface area contributed by atoms with Crippen LogP contribution in [0.15, 0.2) is 41.2 Å². The molecule has 0 atom stereocenters. The number of halogens is 1. The molecule has 0 saturated carbocycles. The number of methoxy groups -OCH3 is 1. The van der Waals surface area contributed by atoms with E-state index in [0.29, 0.717) is 46.6 Å². The second-order valence-electron chi connectivity index (χ2n) is 6.52. The van der Waals surface area contributed by atoms with Crippen LogP contribution in [0.4, 0.5) is 0 Å². The number of nitrogens with two attached hydrogens (primary N) is 1. The van der Waals surface area contributed by atoms with Gasteiger partial charge in [0.15, 0.2) is 0 Å². The van der Waals surface area contributed by atoms with Crippen LogP contribution in [-0.2, 0) is 12.8 Å². The Kier molecular flexibility index (Phi) is 6.02. The zero-order valence-electron chi connectivity index (χ0n) is 15.4. The highest BCUT2D eigenvalue weighted by molar-refractivity contribution is 6.30. The summed E-state index contributed by atoms with van der Waals surface area (Å²) in [5, 5.41) is 10.00. The number of nitrogens with one attached hydrogen (secondary N) is 1. The molecule has 146 valence electrons. The maximum absolute atomic E-state index is 13.1. The SMILES string of the molecule is COc1cc(CCCO)cc2c(=O)c(C(N)=O)c(Cc3ccc(Cl)cc3)[nH]c12. The third kappa shape index (κ3) is 4.03. The standard InChI is InChI=1S/C21H21ClN2O4/c1-28-17-11-13(3-2-8-25)9-15-19(17)24-16(18(20(15)26)21(23)27)10-12-4-6-14(22)7-5-12/h4-7,9,11,25H,2-3,8,10H2,1H3,(H2,23,27)(H,24,26). The van der Waals surface area contributed by atoms with Gasteiger partial charge in [0.2, 0.25) is 5.43 Å². The Labute approximate surface area is 166 Å². The fraction of sp³-hybridized carbons (Fsp3) is 0.238.